The SMILES string of the molecule is O=C(Cc1ccc2c(c1)OCO2)NC1CCCN(c2ncccn2)C1. The lowest BCUT2D eigenvalue weighted by Gasteiger charge is -2.33. The molecule has 3 heterocycles. The van der Waals surface area contributed by atoms with Gasteiger partial charge in [-0.3, -0.25) is 4.79 Å². The highest BCUT2D eigenvalue weighted by atomic mass is 16.7. The Kier molecular flexibility index (Phi) is 4.37. The molecular formula is C18H20N4O3. The zero-order chi connectivity index (χ0) is 17.1. The highest BCUT2D eigenvalue weighted by Crippen LogP contribution is 2.32. The van der Waals surface area contributed by atoms with E-state index in [1.807, 2.05) is 18.2 Å². The first-order valence-corrected chi connectivity index (χ1v) is 8.48. The number of piperidine rings is 1. The maximum absolute atomic E-state index is 12.4. The van der Waals surface area contributed by atoms with Gasteiger partial charge in [-0.25, -0.2) is 9.97 Å². The van der Waals surface area contributed by atoms with Crippen molar-refractivity contribution in [3.63, 3.8) is 0 Å². The third kappa shape index (κ3) is 3.65. The highest BCUT2D eigenvalue weighted by Gasteiger charge is 2.23. The summed E-state index contributed by atoms with van der Waals surface area (Å²) in [6, 6.07) is 7.53. The Morgan fingerprint density at radius 3 is 2.96 bits per heavy atom. The first kappa shape index (κ1) is 15.7. The summed E-state index contributed by atoms with van der Waals surface area (Å²) >= 11 is 0. The number of hydrogen-bond acceptors (Lipinski definition) is 6. The van der Waals surface area contributed by atoms with Crippen molar-refractivity contribution in [2.75, 3.05) is 24.8 Å². The summed E-state index contributed by atoms with van der Waals surface area (Å²) in [4.78, 5) is 23.1. The molecule has 1 aromatic carbocycles. The van der Waals surface area contributed by atoms with Crippen LogP contribution in [0.5, 0.6) is 11.5 Å². The van der Waals surface area contributed by atoms with E-state index in [0.29, 0.717) is 12.2 Å². The standard InChI is InChI=1S/C18H20N4O3/c23-17(10-13-4-5-15-16(9-13)25-12-24-15)21-14-3-1-8-22(11-14)18-19-6-2-7-20-18/h2,4-7,9,14H,1,3,8,10-12H2,(H,21,23). The smallest absolute Gasteiger partial charge is 0.231 e. The van der Waals surface area contributed by atoms with Crippen LogP contribution >= 0.6 is 0 Å². The van der Waals surface area contributed by atoms with E-state index >= 15 is 0 Å². The van der Waals surface area contributed by atoms with Crippen molar-refractivity contribution in [2.24, 2.45) is 0 Å². The zero-order valence-electron chi connectivity index (χ0n) is 13.9. The number of rotatable bonds is 4. The summed E-state index contributed by atoms with van der Waals surface area (Å²) < 4.78 is 10.7. The number of aromatic nitrogens is 2. The normalized spacial score (nSPS) is 18.9. The Hall–Kier alpha value is -2.83. The molecule has 4 rings (SSSR count). The van der Waals surface area contributed by atoms with E-state index in [9.17, 15) is 4.79 Å². The molecule has 7 heteroatoms. The minimum atomic E-state index is 0.0136. The first-order valence-electron chi connectivity index (χ1n) is 8.48. The van der Waals surface area contributed by atoms with Crippen molar-refractivity contribution >= 4 is 11.9 Å². The zero-order valence-corrected chi connectivity index (χ0v) is 13.9. The van der Waals surface area contributed by atoms with Gasteiger partial charge in [0.25, 0.3) is 0 Å². The molecule has 25 heavy (non-hydrogen) atoms. The molecule has 2 aliphatic rings. The van der Waals surface area contributed by atoms with Gasteiger partial charge in [-0.05, 0) is 36.6 Å². The molecule has 2 aromatic rings. The molecule has 1 atom stereocenters. The Labute approximate surface area is 146 Å². The molecule has 0 spiro atoms. The van der Waals surface area contributed by atoms with Crippen LogP contribution in [0.15, 0.2) is 36.7 Å². The number of ether oxygens (including phenoxy) is 2. The summed E-state index contributed by atoms with van der Waals surface area (Å²) in [6.07, 6.45) is 5.78. The molecule has 0 saturated carbocycles. The van der Waals surface area contributed by atoms with Crippen LogP contribution in [0.1, 0.15) is 18.4 Å². The van der Waals surface area contributed by atoms with Gasteiger partial charge in [-0.2, -0.15) is 0 Å². The van der Waals surface area contributed by atoms with E-state index in [4.69, 9.17) is 9.47 Å². The third-order valence-electron chi connectivity index (χ3n) is 4.42. The van der Waals surface area contributed by atoms with Gasteiger partial charge in [0.1, 0.15) is 0 Å². The average molecular weight is 340 g/mol. The van der Waals surface area contributed by atoms with E-state index < -0.39 is 0 Å². The summed E-state index contributed by atoms with van der Waals surface area (Å²) in [6.45, 7) is 1.89. The lowest BCUT2D eigenvalue weighted by atomic mass is 10.1. The van der Waals surface area contributed by atoms with E-state index in [0.717, 1.165) is 43.2 Å². The summed E-state index contributed by atoms with van der Waals surface area (Å²) in [5.74, 6) is 2.17. The van der Waals surface area contributed by atoms with Crippen LogP contribution in [0.4, 0.5) is 5.95 Å². The number of benzene rings is 1. The minimum absolute atomic E-state index is 0.0136. The second-order valence-electron chi connectivity index (χ2n) is 6.27. The Bertz CT molecular complexity index is 753. The first-order chi connectivity index (χ1) is 12.3. The number of nitrogens with zero attached hydrogens (tertiary/aromatic N) is 3. The molecule has 130 valence electrons. The maximum Gasteiger partial charge on any atom is 0.231 e. The van der Waals surface area contributed by atoms with Gasteiger partial charge in [-0.1, -0.05) is 6.07 Å². The number of fused-ring (bicyclic) bond motifs is 1. The Morgan fingerprint density at radius 1 is 1.24 bits per heavy atom. The van der Waals surface area contributed by atoms with Crippen LogP contribution in [0, 0.1) is 0 Å². The van der Waals surface area contributed by atoms with Crippen LogP contribution < -0.4 is 19.7 Å². The number of carbonyl (C=O) groups excluding carboxylic acids is 1. The van der Waals surface area contributed by atoms with Crippen molar-refractivity contribution in [1.82, 2.24) is 15.3 Å². The van der Waals surface area contributed by atoms with Crippen LogP contribution in [-0.4, -0.2) is 41.8 Å². The largest absolute Gasteiger partial charge is 0.454 e. The molecule has 1 aromatic heterocycles. The number of amides is 1. The summed E-state index contributed by atoms with van der Waals surface area (Å²) in [7, 11) is 0. The molecule has 1 N–H and O–H groups in total. The second-order valence-corrected chi connectivity index (χ2v) is 6.27. The van der Waals surface area contributed by atoms with Gasteiger partial charge in [-0.15, -0.1) is 0 Å². The molecule has 0 radical (unpaired) electrons. The molecule has 1 unspecified atom stereocenters. The molecule has 1 fully saturated rings. The fourth-order valence-electron chi connectivity index (χ4n) is 3.25. The van der Waals surface area contributed by atoms with Gasteiger partial charge < -0.3 is 19.7 Å². The molecule has 1 amide bonds. The number of carbonyl (C=O) groups is 1. The Balaban J connectivity index is 1.34. The van der Waals surface area contributed by atoms with Gasteiger partial charge in [0.2, 0.25) is 18.6 Å². The summed E-state index contributed by atoms with van der Waals surface area (Å²) in [5, 5.41) is 3.13. The van der Waals surface area contributed by atoms with Gasteiger partial charge in [0, 0.05) is 31.5 Å². The highest BCUT2D eigenvalue weighted by molar-refractivity contribution is 5.79. The minimum Gasteiger partial charge on any atom is -0.454 e. The monoisotopic (exact) mass is 340 g/mol. The van der Waals surface area contributed by atoms with Crippen LogP contribution in [-0.2, 0) is 11.2 Å². The third-order valence-corrected chi connectivity index (χ3v) is 4.42. The summed E-state index contributed by atoms with van der Waals surface area (Å²) in [5.41, 5.74) is 0.917. The molecular weight excluding hydrogens is 320 g/mol. The van der Waals surface area contributed by atoms with Crippen molar-refractivity contribution in [3.8, 4) is 11.5 Å². The molecule has 7 nitrogen and oxygen atoms in total. The number of anilines is 1. The number of nitrogens with one attached hydrogen (secondary N) is 1. The fourth-order valence-corrected chi connectivity index (χ4v) is 3.25. The van der Waals surface area contributed by atoms with Gasteiger partial charge in [0.05, 0.1) is 6.42 Å². The molecule has 1 saturated heterocycles. The van der Waals surface area contributed by atoms with Crippen LogP contribution in [0.3, 0.4) is 0 Å². The quantitative estimate of drug-likeness (QED) is 0.910. The van der Waals surface area contributed by atoms with E-state index in [1.54, 1.807) is 18.5 Å². The van der Waals surface area contributed by atoms with E-state index in [2.05, 4.69) is 20.2 Å². The lowest BCUT2D eigenvalue weighted by molar-refractivity contribution is -0.121. The molecule has 0 aliphatic carbocycles. The van der Waals surface area contributed by atoms with Crippen molar-refractivity contribution < 1.29 is 14.3 Å². The van der Waals surface area contributed by atoms with Crippen molar-refractivity contribution in [3.05, 3.63) is 42.2 Å². The molecule has 2 aliphatic heterocycles. The number of hydrogen-bond donors (Lipinski definition) is 1. The van der Waals surface area contributed by atoms with Crippen LogP contribution in [0.25, 0.3) is 0 Å². The predicted molar refractivity (Wildman–Crippen MR) is 91.7 cm³/mol. The van der Waals surface area contributed by atoms with Gasteiger partial charge in [0.15, 0.2) is 11.5 Å². The molecule has 0 bridgehead atoms. The predicted octanol–water partition coefficient (Wildman–Crippen LogP) is 1.53. The lowest BCUT2D eigenvalue weighted by Crippen LogP contribution is -2.48. The topological polar surface area (TPSA) is 76.6 Å². The van der Waals surface area contributed by atoms with Crippen LogP contribution in [0.2, 0.25) is 0 Å². The second kappa shape index (κ2) is 6.96. The van der Waals surface area contributed by atoms with Crippen molar-refractivity contribution in [1.29, 1.82) is 0 Å². The fraction of sp³-hybridized carbons (Fsp3) is 0.389. The van der Waals surface area contributed by atoms with E-state index in [1.165, 1.54) is 0 Å². The Morgan fingerprint density at radius 2 is 2.08 bits per heavy atom. The van der Waals surface area contributed by atoms with E-state index in [-0.39, 0.29) is 18.7 Å². The van der Waals surface area contributed by atoms with Crippen molar-refractivity contribution in [2.45, 2.75) is 25.3 Å². The van der Waals surface area contributed by atoms with Gasteiger partial charge >= 0.3 is 0 Å². The average Bonchev–Trinajstić information content (AvgIpc) is 3.10. The maximum atomic E-state index is 12.4.